The zero-order chi connectivity index (χ0) is 10.5. The lowest BCUT2D eigenvalue weighted by Gasteiger charge is -2.28. The van der Waals surface area contributed by atoms with Crippen molar-refractivity contribution in [3.05, 3.63) is 6.42 Å². The molecule has 0 aliphatic heterocycles. The fourth-order valence-electron chi connectivity index (χ4n) is 3.51. The molecular weight excluding hydrogens is 180 g/mol. The minimum atomic E-state index is 0.894. The molecule has 2 fully saturated rings. The van der Waals surface area contributed by atoms with Crippen molar-refractivity contribution in [1.29, 1.82) is 0 Å². The molecule has 0 spiro atoms. The molecule has 1 unspecified atom stereocenters. The van der Waals surface area contributed by atoms with Gasteiger partial charge < -0.3 is 0 Å². The molecular formula is C15H27. The number of rotatable bonds is 4. The van der Waals surface area contributed by atoms with Crippen LogP contribution >= 0.6 is 0 Å². The third-order valence-electron chi connectivity index (χ3n) is 4.71. The summed E-state index contributed by atoms with van der Waals surface area (Å²) < 4.78 is 0. The van der Waals surface area contributed by atoms with E-state index in [1.54, 1.807) is 0 Å². The van der Waals surface area contributed by atoms with E-state index < -0.39 is 0 Å². The molecule has 15 heavy (non-hydrogen) atoms. The molecule has 2 rings (SSSR count). The highest BCUT2D eigenvalue weighted by atomic mass is 14.3. The van der Waals surface area contributed by atoms with E-state index in [0.717, 1.165) is 17.8 Å². The Kier molecular flexibility index (Phi) is 4.53. The van der Waals surface area contributed by atoms with Crippen molar-refractivity contribution in [2.45, 2.75) is 71.1 Å². The molecule has 1 radical (unpaired) electrons. The van der Waals surface area contributed by atoms with E-state index in [4.69, 9.17) is 0 Å². The van der Waals surface area contributed by atoms with Gasteiger partial charge in [0, 0.05) is 0 Å². The predicted octanol–water partition coefficient (Wildman–Crippen LogP) is 4.99. The zero-order valence-electron chi connectivity index (χ0n) is 10.4. The van der Waals surface area contributed by atoms with Crippen LogP contribution in [0.1, 0.15) is 71.1 Å². The summed E-state index contributed by atoms with van der Waals surface area (Å²) in [5.41, 5.74) is 0. The van der Waals surface area contributed by atoms with Crippen LogP contribution in [-0.2, 0) is 0 Å². The van der Waals surface area contributed by atoms with Crippen LogP contribution in [-0.4, -0.2) is 0 Å². The van der Waals surface area contributed by atoms with Crippen molar-refractivity contribution in [1.82, 2.24) is 0 Å². The molecule has 2 aliphatic carbocycles. The van der Waals surface area contributed by atoms with E-state index in [2.05, 4.69) is 13.3 Å². The summed E-state index contributed by atoms with van der Waals surface area (Å²) in [6, 6.07) is 0. The Balaban J connectivity index is 1.64. The van der Waals surface area contributed by atoms with Crippen molar-refractivity contribution >= 4 is 0 Å². The lowest BCUT2D eigenvalue weighted by Crippen LogP contribution is -2.16. The van der Waals surface area contributed by atoms with Gasteiger partial charge in [0.15, 0.2) is 0 Å². The van der Waals surface area contributed by atoms with E-state index in [1.807, 2.05) is 0 Å². The first-order valence-corrected chi connectivity index (χ1v) is 7.19. The predicted molar refractivity (Wildman–Crippen MR) is 66.6 cm³/mol. The first-order valence-electron chi connectivity index (χ1n) is 7.19. The third-order valence-corrected chi connectivity index (χ3v) is 4.71. The summed E-state index contributed by atoms with van der Waals surface area (Å²) in [5.74, 6) is 2.97. The highest BCUT2D eigenvalue weighted by Crippen LogP contribution is 2.35. The van der Waals surface area contributed by atoms with Crippen LogP contribution in [0.25, 0.3) is 0 Å². The fraction of sp³-hybridized carbons (Fsp3) is 0.933. The fourth-order valence-corrected chi connectivity index (χ4v) is 3.51. The topological polar surface area (TPSA) is 0 Å². The molecule has 0 aromatic heterocycles. The third kappa shape index (κ3) is 3.50. The van der Waals surface area contributed by atoms with Gasteiger partial charge in [-0.2, -0.15) is 0 Å². The summed E-state index contributed by atoms with van der Waals surface area (Å²) in [6.45, 7) is 2.46. The molecule has 0 bridgehead atoms. The van der Waals surface area contributed by atoms with E-state index in [9.17, 15) is 0 Å². The van der Waals surface area contributed by atoms with Gasteiger partial charge in [0.1, 0.15) is 0 Å². The molecule has 2 saturated carbocycles. The van der Waals surface area contributed by atoms with Gasteiger partial charge in [-0.05, 0) is 30.6 Å². The molecule has 0 heteroatoms. The smallest absolute Gasteiger partial charge is 0.0352 e. The number of hydrogen-bond acceptors (Lipinski definition) is 0. The molecule has 0 nitrogen and oxygen atoms in total. The Hall–Kier alpha value is 0. The summed E-state index contributed by atoms with van der Waals surface area (Å²) >= 11 is 0. The van der Waals surface area contributed by atoms with Crippen LogP contribution in [0.4, 0.5) is 0 Å². The van der Waals surface area contributed by atoms with Gasteiger partial charge in [-0.1, -0.05) is 64.7 Å². The summed E-state index contributed by atoms with van der Waals surface area (Å²) in [5, 5.41) is 0. The van der Waals surface area contributed by atoms with Crippen molar-refractivity contribution in [2.75, 3.05) is 0 Å². The van der Waals surface area contributed by atoms with Crippen molar-refractivity contribution in [3.63, 3.8) is 0 Å². The minimum absolute atomic E-state index is 0.894. The average Bonchev–Trinajstić information content (AvgIpc) is 2.80. The number of hydrogen-bond donors (Lipinski definition) is 0. The van der Waals surface area contributed by atoms with Gasteiger partial charge in [0.25, 0.3) is 0 Å². The van der Waals surface area contributed by atoms with Crippen molar-refractivity contribution in [3.8, 4) is 0 Å². The van der Waals surface area contributed by atoms with Crippen molar-refractivity contribution in [2.24, 2.45) is 17.8 Å². The Morgan fingerprint density at radius 1 is 0.933 bits per heavy atom. The monoisotopic (exact) mass is 207 g/mol. The molecule has 87 valence electrons. The van der Waals surface area contributed by atoms with Crippen LogP contribution < -0.4 is 0 Å². The Morgan fingerprint density at radius 2 is 1.53 bits per heavy atom. The standard InChI is InChI=1S/C15H27/c1-13(15-9-3-2-4-10-15)11-12-14-7-5-6-8-14/h11,13-15H,2-10,12H2,1H3. The second-order valence-corrected chi connectivity index (χ2v) is 5.88. The van der Waals surface area contributed by atoms with E-state index >= 15 is 0 Å². The van der Waals surface area contributed by atoms with Gasteiger partial charge >= 0.3 is 0 Å². The van der Waals surface area contributed by atoms with Gasteiger partial charge in [0.2, 0.25) is 0 Å². The first kappa shape index (κ1) is 11.5. The van der Waals surface area contributed by atoms with Crippen LogP contribution in [0, 0.1) is 24.2 Å². The van der Waals surface area contributed by atoms with Gasteiger partial charge in [-0.25, -0.2) is 0 Å². The molecule has 0 amide bonds. The summed E-state index contributed by atoms with van der Waals surface area (Å²) in [7, 11) is 0. The molecule has 0 aromatic carbocycles. The maximum absolute atomic E-state index is 2.66. The molecule has 2 aliphatic rings. The van der Waals surface area contributed by atoms with Crippen LogP contribution in [0.3, 0.4) is 0 Å². The molecule has 0 N–H and O–H groups in total. The Labute approximate surface area is 95.8 Å². The van der Waals surface area contributed by atoms with Gasteiger partial charge in [0.05, 0.1) is 0 Å². The lowest BCUT2D eigenvalue weighted by molar-refractivity contribution is 0.278. The maximum atomic E-state index is 2.66. The Bertz CT molecular complexity index is 161. The summed E-state index contributed by atoms with van der Waals surface area (Å²) in [6.07, 6.45) is 17.6. The maximum Gasteiger partial charge on any atom is -0.0352 e. The average molecular weight is 207 g/mol. The van der Waals surface area contributed by atoms with Crippen LogP contribution in [0.15, 0.2) is 0 Å². The normalized spacial score (nSPS) is 27.0. The molecule has 0 saturated heterocycles. The second-order valence-electron chi connectivity index (χ2n) is 5.88. The Morgan fingerprint density at radius 3 is 2.20 bits per heavy atom. The zero-order valence-corrected chi connectivity index (χ0v) is 10.4. The van der Waals surface area contributed by atoms with Crippen molar-refractivity contribution < 1.29 is 0 Å². The van der Waals surface area contributed by atoms with Crippen LogP contribution in [0.5, 0.6) is 0 Å². The molecule has 0 aromatic rings. The highest BCUT2D eigenvalue weighted by Gasteiger charge is 2.22. The summed E-state index contributed by atoms with van der Waals surface area (Å²) in [4.78, 5) is 0. The molecule has 1 atom stereocenters. The van der Waals surface area contributed by atoms with Crippen LogP contribution in [0.2, 0.25) is 0 Å². The quantitative estimate of drug-likeness (QED) is 0.609. The SMILES string of the molecule is CC([CH]CC1CCCC1)C1CCCCC1. The molecule has 0 heterocycles. The van der Waals surface area contributed by atoms with E-state index in [1.165, 1.54) is 64.2 Å². The lowest BCUT2D eigenvalue weighted by atomic mass is 9.78. The first-order chi connectivity index (χ1) is 7.36. The second kappa shape index (κ2) is 5.92. The van der Waals surface area contributed by atoms with E-state index in [0.29, 0.717) is 0 Å². The van der Waals surface area contributed by atoms with Gasteiger partial charge in [-0.3, -0.25) is 0 Å². The van der Waals surface area contributed by atoms with Gasteiger partial charge in [-0.15, -0.1) is 0 Å². The van der Waals surface area contributed by atoms with E-state index in [-0.39, 0.29) is 0 Å². The minimum Gasteiger partial charge on any atom is -0.0620 e. The largest absolute Gasteiger partial charge is 0.0620 e. The highest BCUT2D eigenvalue weighted by molar-refractivity contribution is 4.84.